The van der Waals surface area contributed by atoms with Crippen LogP contribution in [0.4, 0.5) is 0 Å². The number of nitrogens with zero attached hydrogens (tertiary/aromatic N) is 1. The van der Waals surface area contributed by atoms with E-state index in [2.05, 4.69) is 35.6 Å². The average Bonchev–Trinajstić information content (AvgIpc) is 2.82. The summed E-state index contributed by atoms with van der Waals surface area (Å²) in [5, 5.41) is 3.63. The summed E-state index contributed by atoms with van der Waals surface area (Å²) < 4.78 is 0. The van der Waals surface area contributed by atoms with Gasteiger partial charge >= 0.3 is 0 Å². The Morgan fingerprint density at radius 2 is 2.11 bits per heavy atom. The molecule has 0 spiro atoms. The summed E-state index contributed by atoms with van der Waals surface area (Å²) in [6.07, 6.45) is 1.09. The number of hydrogen-bond donors (Lipinski definition) is 1. The van der Waals surface area contributed by atoms with E-state index in [0.29, 0.717) is 17.9 Å². The van der Waals surface area contributed by atoms with Gasteiger partial charge in [0.25, 0.3) is 0 Å². The molecule has 3 rings (SSSR count). The predicted octanol–water partition coefficient (Wildman–Crippen LogP) is 1.61. The van der Waals surface area contributed by atoms with Crippen LogP contribution in [0, 0.1) is 5.92 Å². The molecular weight excluding hydrogens is 224 g/mol. The molecule has 1 N–H and O–H groups in total. The lowest BCUT2D eigenvalue weighted by Crippen LogP contribution is -2.46. The molecule has 96 valence electrons. The lowest BCUT2D eigenvalue weighted by Gasteiger charge is -2.36. The average molecular weight is 244 g/mol. The molecule has 0 aromatic heterocycles. The third-order valence-electron chi connectivity index (χ3n) is 4.45. The zero-order valence-corrected chi connectivity index (χ0v) is 10.8. The Balaban J connectivity index is 1.80. The number of likely N-dealkylation sites (tertiary alicyclic amines) is 1. The maximum absolute atomic E-state index is 11.5. The lowest BCUT2D eigenvalue weighted by molar-refractivity contribution is -0.130. The minimum atomic E-state index is 0.215. The van der Waals surface area contributed by atoms with Crippen LogP contribution in [0.1, 0.15) is 24.8 Å². The highest BCUT2D eigenvalue weighted by Gasteiger charge is 2.40. The van der Waals surface area contributed by atoms with Crippen molar-refractivity contribution in [2.24, 2.45) is 5.92 Å². The third kappa shape index (κ3) is 2.03. The van der Waals surface area contributed by atoms with Crippen LogP contribution in [0.3, 0.4) is 0 Å². The van der Waals surface area contributed by atoms with Gasteiger partial charge in [0.05, 0.1) is 0 Å². The number of rotatable bonds is 1. The quantitative estimate of drug-likeness (QED) is 0.814. The number of carbonyl (C=O) groups is 1. The zero-order chi connectivity index (χ0) is 12.5. The molecule has 0 radical (unpaired) electrons. The molecule has 2 heterocycles. The summed E-state index contributed by atoms with van der Waals surface area (Å²) >= 11 is 0. The van der Waals surface area contributed by atoms with Gasteiger partial charge in [0, 0.05) is 38.5 Å². The fourth-order valence-corrected chi connectivity index (χ4v) is 3.42. The van der Waals surface area contributed by atoms with E-state index in [9.17, 15) is 4.79 Å². The van der Waals surface area contributed by atoms with E-state index in [4.69, 9.17) is 0 Å². The van der Waals surface area contributed by atoms with Crippen molar-refractivity contribution in [3.05, 3.63) is 35.9 Å². The Morgan fingerprint density at radius 1 is 1.33 bits per heavy atom. The van der Waals surface area contributed by atoms with Crippen LogP contribution in [-0.4, -0.2) is 36.5 Å². The molecule has 1 aromatic carbocycles. The minimum absolute atomic E-state index is 0.215. The molecule has 3 atom stereocenters. The molecule has 2 aliphatic rings. The van der Waals surface area contributed by atoms with Crippen LogP contribution in [0.5, 0.6) is 0 Å². The summed E-state index contributed by atoms with van der Waals surface area (Å²) in [6.45, 7) is 4.54. The van der Waals surface area contributed by atoms with Gasteiger partial charge in [-0.1, -0.05) is 30.3 Å². The van der Waals surface area contributed by atoms with Crippen molar-refractivity contribution < 1.29 is 4.79 Å². The Bertz CT molecular complexity index is 431. The number of benzene rings is 1. The third-order valence-corrected chi connectivity index (χ3v) is 4.45. The number of piperidine rings is 1. The SMILES string of the molecule is CC(=O)N1CC[C@H]2NC[C@H](c3ccccc3)[C@H]2C1. The highest BCUT2D eigenvalue weighted by molar-refractivity contribution is 5.73. The summed E-state index contributed by atoms with van der Waals surface area (Å²) in [5.74, 6) is 1.34. The minimum Gasteiger partial charge on any atom is -0.343 e. The smallest absolute Gasteiger partial charge is 0.219 e. The van der Waals surface area contributed by atoms with Gasteiger partial charge in [-0.2, -0.15) is 0 Å². The van der Waals surface area contributed by atoms with E-state index >= 15 is 0 Å². The van der Waals surface area contributed by atoms with E-state index in [1.54, 1.807) is 6.92 Å². The monoisotopic (exact) mass is 244 g/mol. The van der Waals surface area contributed by atoms with Crippen molar-refractivity contribution in [2.45, 2.75) is 25.3 Å². The van der Waals surface area contributed by atoms with Gasteiger partial charge in [0.15, 0.2) is 0 Å². The van der Waals surface area contributed by atoms with Crippen LogP contribution in [0.25, 0.3) is 0 Å². The van der Waals surface area contributed by atoms with Crippen molar-refractivity contribution in [3.8, 4) is 0 Å². The number of fused-ring (bicyclic) bond motifs is 1. The molecule has 2 fully saturated rings. The Labute approximate surface area is 108 Å². The van der Waals surface area contributed by atoms with Crippen LogP contribution in [0.15, 0.2) is 30.3 Å². The first-order valence-electron chi connectivity index (χ1n) is 6.79. The molecule has 1 aromatic rings. The second kappa shape index (κ2) is 4.73. The van der Waals surface area contributed by atoms with Gasteiger partial charge in [-0.15, -0.1) is 0 Å². The van der Waals surface area contributed by atoms with E-state index in [1.165, 1.54) is 5.56 Å². The molecule has 18 heavy (non-hydrogen) atoms. The molecule has 3 nitrogen and oxygen atoms in total. The highest BCUT2D eigenvalue weighted by atomic mass is 16.2. The summed E-state index contributed by atoms with van der Waals surface area (Å²) in [7, 11) is 0. The normalized spacial score (nSPS) is 31.2. The Kier molecular flexibility index (Phi) is 3.08. The summed E-state index contributed by atoms with van der Waals surface area (Å²) in [4.78, 5) is 13.5. The van der Waals surface area contributed by atoms with Crippen LogP contribution < -0.4 is 5.32 Å². The van der Waals surface area contributed by atoms with Crippen molar-refractivity contribution in [2.75, 3.05) is 19.6 Å². The van der Waals surface area contributed by atoms with Gasteiger partial charge < -0.3 is 10.2 Å². The molecule has 2 saturated heterocycles. The maximum Gasteiger partial charge on any atom is 0.219 e. The molecular formula is C15H20N2O. The topological polar surface area (TPSA) is 32.3 Å². The van der Waals surface area contributed by atoms with Crippen LogP contribution >= 0.6 is 0 Å². The van der Waals surface area contributed by atoms with E-state index in [-0.39, 0.29) is 5.91 Å². The van der Waals surface area contributed by atoms with Gasteiger partial charge in [-0.05, 0) is 17.9 Å². The predicted molar refractivity (Wildman–Crippen MR) is 71.3 cm³/mol. The Hall–Kier alpha value is -1.35. The number of carbonyl (C=O) groups excluding carboxylic acids is 1. The zero-order valence-electron chi connectivity index (χ0n) is 10.8. The fourth-order valence-electron chi connectivity index (χ4n) is 3.42. The van der Waals surface area contributed by atoms with Crippen molar-refractivity contribution >= 4 is 5.91 Å². The molecule has 0 unspecified atom stereocenters. The van der Waals surface area contributed by atoms with Crippen LogP contribution in [-0.2, 0) is 4.79 Å². The summed E-state index contributed by atoms with van der Waals surface area (Å²) in [5.41, 5.74) is 1.41. The number of amides is 1. The van der Waals surface area contributed by atoms with Crippen molar-refractivity contribution in [1.29, 1.82) is 0 Å². The second-order valence-corrected chi connectivity index (χ2v) is 5.45. The van der Waals surface area contributed by atoms with Crippen LogP contribution in [0.2, 0.25) is 0 Å². The maximum atomic E-state index is 11.5. The highest BCUT2D eigenvalue weighted by Crippen LogP contribution is 2.36. The first kappa shape index (κ1) is 11.7. The van der Waals surface area contributed by atoms with E-state index in [0.717, 1.165) is 26.1 Å². The molecule has 0 saturated carbocycles. The van der Waals surface area contributed by atoms with Crippen molar-refractivity contribution in [3.63, 3.8) is 0 Å². The van der Waals surface area contributed by atoms with E-state index in [1.807, 2.05) is 4.90 Å². The molecule has 0 aliphatic carbocycles. The Morgan fingerprint density at radius 3 is 2.83 bits per heavy atom. The standard InChI is InChI=1S/C15H20N2O/c1-11(18)17-8-7-15-14(10-17)13(9-16-15)12-5-3-2-4-6-12/h2-6,13-16H,7-10H2,1H3/t13-,14-,15-/m1/s1. The summed E-state index contributed by atoms with van der Waals surface area (Å²) in [6, 6.07) is 11.3. The fraction of sp³-hybridized carbons (Fsp3) is 0.533. The lowest BCUT2D eigenvalue weighted by atomic mass is 9.82. The number of nitrogens with one attached hydrogen (secondary N) is 1. The van der Waals surface area contributed by atoms with Gasteiger partial charge in [-0.25, -0.2) is 0 Å². The van der Waals surface area contributed by atoms with Gasteiger partial charge in [-0.3, -0.25) is 4.79 Å². The molecule has 1 amide bonds. The number of hydrogen-bond acceptors (Lipinski definition) is 2. The molecule has 2 aliphatic heterocycles. The first-order chi connectivity index (χ1) is 8.75. The van der Waals surface area contributed by atoms with Gasteiger partial charge in [0.2, 0.25) is 5.91 Å². The van der Waals surface area contributed by atoms with Gasteiger partial charge in [0.1, 0.15) is 0 Å². The molecule has 3 heteroatoms. The van der Waals surface area contributed by atoms with E-state index < -0.39 is 0 Å². The first-order valence-corrected chi connectivity index (χ1v) is 6.79. The largest absolute Gasteiger partial charge is 0.343 e. The second-order valence-electron chi connectivity index (χ2n) is 5.45. The van der Waals surface area contributed by atoms with Crippen molar-refractivity contribution in [1.82, 2.24) is 10.2 Å². The molecule has 0 bridgehead atoms.